The number of benzene rings is 2. The van der Waals surface area contributed by atoms with Crippen molar-refractivity contribution in [1.29, 1.82) is 0 Å². The van der Waals surface area contributed by atoms with Crippen LogP contribution in [0.5, 0.6) is 0 Å². The molecule has 1 amide bonds. The van der Waals surface area contributed by atoms with E-state index in [1.54, 1.807) is 48.8 Å². The molecule has 8 heterocycles. The number of nitrogens with one attached hydrogen (secondary N) is 2. The Balaban J connectivity index is 0.000000184. The lowest BCUT2D eigenvalue weighted by Gasteiger charge is -2.37. The number of esters is 3. The molecule has 0 saturated carbocycles. The van der Waals surface area contributed by atoms with Gasteiger partial charge in [0, 0.05) is 53.9 Å². The van der Waals surface area contributed by atoms with Gasteiger partial charge in [-0.2, -0.15) is 26.8 Å². The summed E-state index contributed by atoms with van der Waals surface area (Å²) in [6, 6.07) is 12.4. The summed E-state index contributed by atoms with van der Waals surface area (Å²) in [5.74, 6) is -3.06. The Bertz CT molecular complexity index is 3820. The fraction of sp³-hybridized carbons (Fsp3) is 0.492. The number of halogens is 1. The van der Waals surface area contributed by atoms with Gasteiger partial charge in [0.15, 0.2) is 53.0 Å². The van der Waals surface area contributed by atoms with Crippen molar-refractivity contribution >= 4 is 78.6 Å². The first kappa shape index (κ1) is 71.5. The second kappa shape index (κ2) is 28.7. The van der Waals surface area contributed by atoms with Crippen molar-refractivity contribution < 1.29 is 96.9 Å². The molecule has 506 valence electrons. The molecule has 0 aliphatic carbocycles. The number of nitrogens with zero attached hydrogens (tertiary/aromatic N) is 6. The molecule has 16 atom stereocenters. The number of imidazole rings is 2. The van der Waals surface area contributed by atoms with Crippen LogP contribution in [-0.4, -0.2) is 188 Å². The number of aromatic nitrogens is 6. The van der Waals surface area contributed by atoms with E-state index in [0.29, 0.717) is 5.82 Å². The summed E-state index contributed by atoms with van der Waals surface area (Å²) < 4.78 is 123. The SMILES string of the molecule is C=C[C@H](C)[C@@]1(COS(=O)(=O)c2ccc(C)cc2)OC(OC(C)=O)[C@H](OC(C)=O)[C@@H]1OC.C=C[C@H](C)[C@@]1(COS(=O)(=O)c2ccc(C)cc2)O[C@@H](n2cnc3c(Cl)nc(N)nc32)[C@H](OC(C)=O)[C@@H]1OC.C=C[C@H](O)[C@@]12CO[C@@H]([C@H](n3cnc4c3NC(N)NC4=O)O1)[C@@H]2OC. The zero-order chi connectivity index (χ0) is 68.3. The topological polar surface area (TPSA) is 405 Å². The summed E-state index contributed by atoms with van der Waals surface area (Å²) in [7, 11) is -4.05. The number of aliphatic hydroxyl groups excluding tert-OH is 1. The first-order chi connectivity index (χ1) is 43.9. The van der Waals surface area contributed by atoms with E-state index in [1.807, 2.05) is 13.8 Å². The maximum absolute atomic E-state index is 13.1. The highest BCUT2D eigenvalue weighted by atomic mass is 35.5. The number of rotatable bonds is 22. The molecule has 3 aromatic heterocycles. The van der Waals surface area contributed by atoms with Crippen LogP contribution in [-0.2, 0) is 90.4 Å². The van der Waals surface area contributed by atoms with Gasteiger partial charge in [-0.25, -0.2) is 9.97 Å². The van der Waals surface area contributed by atoms with Gasteiger partial charge in [0.2, 0.25) is 12.2 Å². The van der Waals surface area contributed by atoms with E-state index in [4.69, 9.17) is 78.8 Å². The Morgan fingerprint density at radius 3 is 1.74 bits per heavy atom. The highest BCUT2D eigenvalue weighted by molar-refractivity contribution is 7.87. The van der Waals surface area contributed by atoms with Gasteiger partial charge in [-0.1, -0.05) is 79.1 Å². The number of hydrogen-bond acceptors (Lipinski definition) is 28. The summed E-state index contributed by atoms with van der Waals surface area (Å²) in [5, 5.41) is 15.9. The Hall–Kier alpha value is -7.35. The first-order valence-corrected chi connectivity index (χ1v) is 31.9. The number of nitrogens with two attached hydrogens (primary N) is 2. The van der Waals surface area contributed by atoms with Crippen LogP contribution in [0.25, 0.3) is 11.2 Å². The summed E-state index contributed by atoms with van der Waals surface area (Å²) in [5.41, 5.74) is 10.0. The van der Waals surface area contributed by atoms with Gasteiger partial charge in [0.05, 0.1) is 42.3 Å². The highest BCUT2D eigenvalue weighted by Crippen LogP contribution is 2.50. The minimum Gasteiger partial charge on any atom is -0.455 e. The first-order valence-electron chi connectivity index (χ1n) is 28.7. The van der Waals surface area contributed by atoms with Crippen LogP contribution in [0.15, 0.2) is 109 Å². The molecule has 10 rings (SSSR count). The molecule has 2 unspecified atom stereocenters. The lowest BCUT2D eigenvalue weighted by atomic mass is 9.83. The third-order valence-corrected chi connectivity index (χ3v) is 19.2. The van der Waals surface area contributed by atoms with Crippen molar-refractivity contribution in [2.75, 3.05) is 52.2 Å². The van der Waals surface area contributed by atoms with Gasteiger partial charge in [-0.15, -0.1) is 19.7 Å². The number of carbonyl (C=O) groups excluding carboxylic acids is 4. The molecule has 2 bridgehead atoms. The van der Waals surface area contributed by atoms with E-state index in [0.717, 1.165) is 11.1 Å². The number of carbonyl (C=O) groups is 4. The molecule has 4 saturated heterocycles. The van der Waals surface area contributed by atoms with Crippen LogP contribution in [0, 0.1) is 25.7 Å². The molecule has 2 aromatic carbocycles. The predicted molar refractivity (Wildman–Crippen MR) is 328 cm³/mol. The summed E-state index contributed by atoms with van der Waals surface area (Å²) in [6.07, 6.45) is -2.53. The predicted octanol–water partition coefficient (Wildman–Crippen LogP) is 3.45. The monoisotopic (exact) mass is 1360 g/mol. The number of aryl methyl sites for hydroxylation is 2. The van der Waals surface area contributed by atoms with E-state index in [1.165, 1.54) is 95.7 Å². The minimum atomic E-state index is -4.19. The molecule has 93 heavy (non-hydrogen) atoms. The fourth-order valence-electron chi connectivity index (χ4n) is 11.5. The number of nitrogen functional groups attached to an aromatic ring is 1. The number of fused-ring (bicyclic) bond motifs is 4. The van der Waals surface area contributed by atoms with Gasteiger partial charge in [0.1, 0.15) is 53.1 Å². The van der Waals surface area contributed by atoms with Crippen LogP contribution < -0.4 is 22.1 Å². The van der Waals surface area contributed by atoms with Crippen molar-refractivity contribution in [2.24, 2.45) is 17.6 Å². The largest absolute Gasteiger partial charge is 0.455 e. The lowest BCUT2D eigenvalue weighted by Crippen LogP contribution is -2.53. The van der Waals surface area contributed by atoms with Gasteiger partial charge in [-0.3, -0.25) is 42.4 Å². The second-order valence-electron chi connectivity index (χ2n) is 22.3. The van der Waals surface area contributed by atoms with Crippen LogP contribution in [0.1, 0.15) is 68.7 Å². The molecule has 5 aliphatic rings. The van der Waals surface area contributed by atoms with Crippen molar-refractivity contribution in [2.45, 2.75) is 143 Å². The van der Waals surface area contributed by atoms with E-state index in [2.05, 4.69) is 50.3 Å². The number of amides is 1. The van der Waals surface area contributed by atoms with Gasteiger partial charge in [0.25, 0.3) is 26.1 Å². The Kier molecular flexibility index (Phi) is 22.1. The van der Waals surface area contributed by atoms with Crippen molar-refractivity contribution in [1.82, 2.24) is 34.4 Å². The van der Waals surface area contributed by atoms with Crippen LogP contribution in [0.3, 0.4) is 0 Å². The highest BCUT2D eigenvalue weighted by Gasteiger charge is 2.66. The number of hydrogen-bond donors (Lipinski definition) is 5. The second-order valence-corrected chi connectivity index (χ2v) is 25.9. The van der Waals surface area contributed by atoms with E-state index < -0.39 is 148 Å². The molecule has 31 nitrogen and oxygen atoms in total. The van der Waals surface area contributed by atoms with E-state index in [9.17, 15) is 41.1 Å². The average molecular weight is 1360 g/mol. The fourth-order valence-corrected chi connectivity index (χ4v) is 13.6. The molecule has 7 N–H and O–H groups in total. The van der Waals surface area contributed by atoms with Crippen LogP contribution >= 0.6 is 11.6 Å². The number of methoxy groups -OCH3 is 3. The molecular formula is C59H75ClN10O21S2. The minimum absolute atomic E-state index is 0.0213. The standard InChI is InChI=1S/C24H28ClN5O7S.C21H28O9S.C14H19N5O5/c1-6-14(3)24(11-35-38(32,33)16-9-7-13(2)8-10-16)19(34-5)18(36-15(4)31)22(37-24)30-12-27-17-20(25)28-23(26)29-21(17)30;1-7-14(3)21(12-27-31(24,25)17-10-8-13(2)9-11-17)19(26-6)18(28-15(4)22)20(30-21)29-16(5)23;1-3-6(20)14-4-23-8(9(14)22-2)12(24-14)19-5-16-7-10(19)17-13(15)18-11(7)21/h6-10,12,14,18-19,22H,1,11H2,2-5H3,(H2,26,28,29);7-11,14,18-20H,1,12H2,2-6H3;3,5-6,8-9,12-13,17,20H,1,4,15H2,2H3,(H,18,21)/t14-,18+,19-,22+,24+;14-,18+,19-,20?,21+;6-,8+,9-,12+,13?,14+/m000/s1. The molecule has 4 fully saturated rings. The normalized spacial score (nSPS) is 28.8. The van der Waals surface area contributed by atoms with E-state index >= 15 is 0 Å². The summed E-state index contributed by atoms with van der Waals surface area (Å²) in [4.78, 5) is 63.8. The quantitative estimate of drug-likeness (QED) is 0.0218. The third-order valence-electron chi connectivity index (χ3n) is 16.3. The van der Waals surface area contributed by atoms with Crippen molar-refractivity contribution in [3.8, 4) is 0 Å². The molecule has 5 aromatic rings. The molecular weight excluding hydrogens is 1280 g/mol. The maximum Gasteiger partial charge on any atom is 0.305 e. The molecule has 5 aliphatic heterocycles. The van der Waals surface area contributed by atoms with Crippen LogP contribution in [0.4, 0.5) is 11.8 Å². The zero-order valence-electron chi connectivity index (χ0n) is 52.4. The number of ether oxygens (including phenoxy) is 10. The van der Waals surface area contributed by atoms with Gasteiger partial charge < -0.3 is 68.8 Å². The Labute approximate surface area is 541 Å². The molecule has 34 heteroatoms. The van der Waals surface area contributed by atoms with Crippen molar-refractivity contribution in [3.05, 3.63) is 121 Å². The van der Waals surface area contributed by atoms with Gasteiger partial charge >= 0.3 is 17.9 Å². The zero-order valence-corrected chi connectivity index (χ0v) is 54.8. The van der Waals surface area contributed by atoms with Crippen LogP contribution in [0.2, 0.25) is 5.15 Å². The van der Waals surface area contributed by atoms with E-state index in [-0.39, 0.29) is 50.3 Å². The van der Waals surface area contributed by atoms with Crippen molar-refractivity contribution in [3.63, 3.8) is 0 Å². The number of anilines is 2. The Morgan fingerprint density at radius 2 is 1.24 bits per heavy atom. The molecule has 0 spiro atoms. The summed E-state index contributed by atoms with van der Waals surface area (Å²) >= 11 is 6.20. The van der Waals surface area contributed by atoms with Gasteiger partial charge in [-0.05, 0) is 38.1 Å². The maximum atomic E-state index is 13.1. The third kappa shape index (κ3) is 14.2. The summed E-state index contributed by atoms with van der Waals surface area (Å²) in [6.45, 7) is 21.2. The molecule has 0 radical (unpaired) electrons. The number of aliphatic hydroxyl groups is 1. The Morgan fingerprint density at radius 1 is 0.731 bits per heavy atom. The smallest absolute Gasteiger partial charge is 0.305 e. The average Bonchev–Trinajstić information content (AvgIpc) is 1.57. The lowest BCUT2D eigenvalue weighted by molar-refractivity contribution is -0.212.